The minimum atomic E-state index is -0.277. The van der Waals surface area contributed by atoms with Crippen molar-refractivity contribution in [3.05, 3.63) is 26.4 Å². The summed E-state index contributed by atoms with van der Waals surface area (Å²) in [5.41, 5.74) is 1.28. The standard InChI is InChI=1S/C15H16N4O2S2/c20-12(17-15-19-18-14(23-15)8-4-5-8)7-16-13(21)11-6-9-2-1-3-10(9)22-11/h6,8H,1-5,7H2,(H,16,21)(H,17,19,20). The van der Waals surface area contributed by atoms with Gasteiger partial charge >= 0.3 is 0 Å². The summed E-state index contributed by atoms with van der Waals surface area (Å²) in [5.74, 6) is 0.0649. The Kier molecular flexibility index (Phi) is 3.86. The van der Waals surface area contributed by atoms with Crippen LogP contribution in [0.2, 0.25) is 0 Å². The Morgan fingerprint density at radius 1 is 1.22 bits per heavy atom. The zero-order chi connectivity index (χ0) is 15.8. The minimum absolute atomic E-state index is 0.0558. The summed E-state index contributed by atoms with van der Waals surface area (Å²) in [5, 5.41) is 14.9. The van der Waals surface area contributed by atoms with Gasteiger partial charge in [-0.25, -0.2) is 0 Å². The Balaban J connectivity index is 1.29. The van der Waals surface area contributed by atoms with E-state index >= 15 is 0 Å². The van der Waals surface area contributed by atoms with E-state index in [-0.39, 0.29) is 18.4 Å². The maximum Gasteiger partial charge on any atom is 0.261 e. The smallest absolute Gasteiger partial charge is 0.261 e. The molecule has 2 heterocycles. The first kappa shape index (κ1) is 14.8. The molecule has 0 unspecified atom stereocenters. The first-order valence-corrected chi connectivity index (χ1v) is 9.35. The quantitative estimate of drug-likeness (QED) is 0.869. The van der Waals surface area contributed by atoms with E-state index in [0.29, 0.717) is 15.9 Å². The third-order valence-corrected chi connectivity index (χ3v) is 6.23. The molecule has 0 aromatic carbocycles. The maximum atomic E-state index is 12.1. The van der Waals surface area contributed by atoms with E-state index in [0.717, 1.165) is 30.7 Å². The van der Waals surface area contributed by atoms with Gasteiger partial charge in [0.2, 0.25) is 11.0 Å². The third kappa shape index (κ3) is 3.28. The number of amides is 2. The number of carbonyl (C=O) groups excluding carboxylic acids is 2. The zero-order valence-corrected chi connectivity index (χ0v) is 14.1. The molecule has 1 saturated carbocycles. The number of rotatable bonds is 5. The lowest BCUT2D eigenvalue weighted by atomic mass is 10.2. The topological polar surface area (TPSA) is 84.0 Å². The highest BCUT2D eigenvalue weighted by Crippen LogP contribution is 2.42. The van der Waals surface area contributed by atoms with Gasteiger partial charge in [-0.05, 0) is 43.7 Å². The first-order valence-electron chi connectivity index (χ1n) is 7.72. The Morgan fingerprint density at radius 2 is 2.09 bits per heavy atom. The van der Waals surface area contributed by atoms with E-state index in [4.69, 9.17) is 0 Å². The van der Waals surface area contributed by atoms with Crippen LogP contribution in [0.1, 0.15) is 50.3 Å². The molecule has 6 nitrogen and oxygen atoms in total. The summed E-state index contributed by atoms with van der Waals surface area (Å²) in [6.45, 7) is -0.0558. The van der Waals surface area contributed by atoms with Crippen LogP contribution < -0.4 is 10.6 Å². The molecule has 2 aliphatic carbocycles. The molecular formula is C15H16N4O2S2. The lowest BCUT2D eigenvalue weighted by Crippen LogP contribution is -2.32. The molecule has 0 spiro atoms. The van der Waals surface area contributed by atoms with Gasteiger partial charge in [0.1, 0.15) is 5.01 Å². The second-order valence-electron chi connectivity index (χ2n) is 5.86. The molecule has 0 radical (unpaired) electrons. The molecule has 2 N–H and O–H groups in total. The molecule has 2 aromatic rings. The minimum Gasteiger partial charge on any atom is -0.342 e. The van der Waals surface area contributed by atoms with Gasteiger partial charge in [0.05, 0.1) is 11.4 Å². The Bertz CT molecular complexity index is 742. The number of hydrogen-bond acceptors (Lipinski definition) is 6. The van der Waals surface area contributed by atoms with Crippen molar-refractivity contribution in [2.45, 2.75) is 38.0 Å². The summed E-state index contributed by atoms with van der Waals surface area (Å²) in [6, 6.07) is 1.95. The van der Waals surface area contributed by atoms with Gasteiger partial charge in [0.15, 0.2) is 0 Å². The van der Waals surface area contributed by atoms with E-state index in [9.17, 15) is 9.59 Å². The number of aromatic nitrogens is 2. The van der Waals surface area contributed by atoms with Crippen molar-refractivity contribution in [2.75, 3.05) is 11.9 Å². The number of fused-ring (bicyclic) bond motifs is 1. The van der Waals surface area contributed by atoms with E-state index in [1.807, 2.05) is 6.07 Å². The molecule has 2 amide bonds. The molecule has 0 atom stereocenters. The Morgan fingerprint density at radius 3 is 2.87 bits per heavy atom. The van der Waals surface area contributed by atoms with Gasteiger partial charge in [0.25, 0.3) is 5.91 Å². The normalized spacial score (nSPS) is 16.2. The van der Waals surface area contributed by atoms with Gasteiger partial charge in [-0.1, -0.05) is 11.3 Å². The number of nitrogens with zero attached hydrogens (tertiary/aromatic N) is 2. The summed E-state index contributed by atoms with van der Waals surface area (Å²) < 4.78 is 0. The monoisotopic (exact) mass is 348 g/mol. The van der Waals surface area contributed by atoms with Crippen LogP contribution in [0.4, 0.5) is 5.13 Å². The highest BCUT2D eigenvalue weighted by atomic mass is 32.1. The fraction of sp³-hybridized carbons (Fsp3) is 0.467. The van der Waals surface area contributed by atoms with E-state index in [2.05, 4.69) is 20.8 Å². The average Bonchev–Trinajstić information content (AvgIpc) is 2.94. The largest absolute Gasteiger partial charge is 0.342 e. The fourth-order valence-corrected chi connectivity index (χ4v) is 4.73. The second kappa shape index (κ2) is 6.01. The summed E-state index contributed by atoms with van der Waals surface area (Å²) >= 11 is 2.95. The third-order valence-electron chi connectivity index (χ3n) is 3.99. The molecular weight excluding hydrogens is 332 g/mol. The molecule has 1 fully saturated rings. The fourth-order valence-electron chi connectivity index (χ4n) is 2.63. The number of nitrogens with one attached hydrogen (secondary N) is 2. The molecule has 0 aliphatic heterocycles. The van der Waals surface area contributed by atoms with Crippen molar-refractivity contribution in [1.82, 2.24) is 15.5 Å². The summed E-state index contributed by atoms with van der Waals surface area (Å²) in [6.07, 6.45) is 5.61. The van der Waals surface area contributed by atoms with Gasteiger partial charge in [-0.2, -0.15) is 0 Å². The van der Waals surface area contributed by atoms with Crippen molar-refractivity contribution in [1.29, 1.82) is 0 Å². The van der Waals surface area contributed by atoms with Crippen LogP contribution in [0, 0.1) is 0 Å². The maximum absolute atomic E-state index is 12.1. The summed E-state index contributed by atoms with van der Waals surface area (Å²) in [7, 11) is 0. The van der Waals surface area contributed by atoms with Crippen LogP contribution in [0.5, 0.6) is 0 Å². The van der Waals surface area contributed by atoms with Crippen LogP contribution in [0.15, 0.2) is 6.07 Å². The van der Waals surface area contributed by atoms with Gasteiger partial charge < -0.3 is 5.32 Å². The van der Waals surface area contributed by atoms with Crippen LogP contribution >= 0.6 is 22.7 Å². The highest BCUT2D eigenvalue weighted by molar-refractivity contribution is 7.15. The first-order chi connectivity index (χ1) is 11.2. The summed E-state index contributed by atoms with van der Waals surface area (Å²) in [4.78, 5) is 26.0. The van der Waals surface area contributed by atoms with Crippen LogP contribution in [0.25, 0.3) is 0 Å². The molecule has 0 saturated heterocycles. The predicted molar refractivity (Wildman–Crippen MR) is 89.2 cm³/mol. The number of thiophene rings is 1. The molecule has 2 aliphatic rings. The van der Waals surface area contributed by atoms with Crippen molar-refractivity contribution in [3.63, 3.8) is 0 Å². The van der Waals surface area contributed by atoms with Crippen molar-refractivity contribution in [3.8, 4) is 0 Å². The number of aryl methyl sites for hydroxylation is 2. The van der Waals surface area contributed by atoms with E-state index in [1.54, 1.807) is 0 Å². The molecule has 120 valence electrons. The van der Waals surface area contributed by atoms with Crippen LogP contribution in [0.3, 0.4) is 0 Å². The zero-order valence-electron chi connectivity index (χ0n) is 12.4. The molecule has 4 rings (SSSR count). The van der Waals surface area contributed by atoms with E-state index in [1.165, 1.54) is 39.5 Å². The second-order valence-corrected chi connectivity index (χ2v) is 8.01. The lowest BCUT2D eigenvalue weighted by molar-refractivity contribution is -0.115. The molecule has 2 aromatic heterocycles. The highest BCUT2D eigenvalue weighted by Gasteiger charge is 2.27. The van der Waals surface area contributed by atoms with Crippen LogP contribution in [-0.4, -0.2) is 28.6 Å². The average molecular weight is 348 g/mol. The molecule has 23 heavy (non-hydrogen) atoms. The predicted octanol–water partition coefficient (Wildman–Crippen LogP) is 2.33. The van der Waals surface area contributed by atoms with Crippen LogP contribution in [-0.2, 0) is 17.6 Å². The van der Waals surface area contributed by atoms with Crippen molar-refractivity contribution in [2.24, 2.45) is 0 Å². The van der Waals surface area contributed by atoms with E-state index < -0.39 is 0 Å². The van der Waals surface area contributed by atoms with Crippen molar-refractivity contribution >= 4 is 39.6 Å². The van der Waals surface area contributed by atoms with Gasteiger partial charge in [-0.15, -0.1) is 21.5 Å². The Labute approximate surface area is 141 Å². The Hall–Kier alpha value is -1.80. The van der Waals surface area contributed by atoms with Gasteiger partial charge in [0, 0.05) is 10.8 Å². The molecule has 8 heteroatoms. The lowest BCUT2D eigenvalue weighted by Gasteiger charge is -2.03. The molecule has 0 bridgehead atoms. The van der Waals surface area contributed by atoms with Crippen molar-refractivity contribution < 1.29 is 9.59 Å². The number of hydrogen-bond donors (Lipinski definition) is 2. The number of anilines is 1. The SMILES string of the molecule is O=C(CNC(=O)c1cc2c(s1)CCC2)Nc1nnc(C2CC2)s1. The number of carbonyl (C=O) groups is 2. The van der Waals surface area contributed by atoms with Gasteiger partial charge in [-0.3, -0.25) is 14.9 Å².